The molecule has 1 spiro atoms. The molecule has 0 N–H and O–H groups in total. The highest BCUT2D eigenvalue weighted by Gasteiger charge is 2.52. The zero-order valence-corrected chi connectivity index (χ0v) is 32.5. The van der Waals surface area contributed by atoms with Crippen LogP contribution in [0.3, 0.4) is 0 Å². The van der Waals surface area contributed by atoms with Gasteiger partial charge in [-0.3, -0.25) is 4.98 Å². The summed E-state index contributed by atoms with van der Waals surface area (Å²) in [7, 11) is 0. The molecule has 0 saturated carbocycles. The maximum atomic E-state index is 7.51. The van der Waals surface area contributed by atoms with Crippen molar-refractivity contribution in [3.8, 4) is 78.8 Å². The third-order valence-electron chi connectivity index (χ3n) is 12.2. The van der Waals surface area contributed by atoms with Crippen molar-refractivity contribution in [3.05, 3.63) is 235 Å². The number of hydrogen-bond acceptors (Lipinski definition) is 4. The summed E-state index contributed by atoms with van der Waals surface area (Å²) < 4.78 is 7.51. The van der Waals surface area contributed by atoms with Gasteiger partial charge in [0.1, 0.15) is 11.5 Å². The number of ether oxygens (including phenoxy) is 1. The first-order valence-corrected chi connectivity index (χ1v) is 20.4. The molecule has 2 aliphatic rings. The van der Waals surface area contributed by atoms with E-state index in [1.165, 1.54) is 22.3 Å². The van der Waals surface area contributed by atoms with Crippen molar-refractivity contribution in [3.63, 3.8) is 0 Å². The molecule has 60 heavy (non-hydrogen) atoms. The van der Waals surface area contributed by atoms with Crippen LogP contribution in [-0.2, 0) is 5.41 Å². The highest BCUT2D eigenvalue weighted by atomic mass is 16.5. The van der Waals surface area contributed by atoms with E-state index in [9.17, 15) is 0 Å². The fourth-order valence-electron chi connectivity index (χ4n) is 9.68. The molecule has 0 radical (unpaired) electrons. The van der Waals surface area contributed by atoms with Gasteiger partial charge in [0.2, 0.25) is 0 Å². The largest absolute Gasteiger partial charge is 0.455 e. The molecule has 4 heteroatoms. The third kappa shape index (κ3) is 5.07. The van der Waals surface area contributed by atoms with E-state index in [1.54, 1.807) is 0 Å². The zero-order chi connectivity index (χ0) is 39.6. The smallest absolute Gasteiger partial charge is 0.164 e. The van der Waals surface area contributed by atoms with Crippen LogP contribution in [0.1, 0.15) is 22.3 Å². The number of hydrogen-bond donors (Lipinski definition) is 0. The van der Waals surface area contributed by atoms with Gasteiger partial charge in [0.05, 0.1) is 27.9 Å². The van der Waals surface area contributed by atoms with E-state index >= 15 is 0 Å². The van der Waals surface area contributed by atoms with Crippen LogP contribution >= 0.6 is 0 Å². The van der Waals surface area contributed by atoms with Gasteiger partial charge in [-0.05, 0) is 51.6 Å². The number of aromatic nitrogens is 3. The maximum absolute atomic E-state index is 7.51. The molecule has 1 aliphatic carbocycles. The van der Waals surface area contributed by atoms with Crippen molar-refractivity contribution >= 4 is 10.9 Å². The van der Waals surface area contributed by atoms with Crippen LogP contribution in [0.5, 0.6) is 11.5 Å². The number of benzene rings is 8. The van der Waals surface area contributed by atoms with Gasteiger partial charge in [-0.1, -0.05) is 188 Å². The maximum Gasteiger partial charge on any atom is 0.164 e. The Balaban J connectivity index is 1.16. The highest BCUT2D eigenvalue weighted by molar-refractivity contribution is 6.03. The first kappa shape index (κ1) is 34.1. The van der Waals surface area contributed by atoms with Crippen LogP contribution < -0.4 is 4.74 Å². The van der Waals surface area contributed by atoms with Crippen molar-refractivity contribution in [2.24, 2.45) is 0 Å². The van der Waals surface area contributed by atoms with Gasteiger partial charge < -0.3 is 4.74 Å². The van der Waals surface area contributed by atoms with Gasteiger partial charge in [0.15, 0.2) is 5.82 Å². The summed E-state index contributed by atoms with van der Waals surface area (Å²) >= 11 is 0. The van der Waals surface area contributed by atoms with E-state index in [1.807, 2.05) is 18.3 Å². The fraction of sp³-hybridized carbons (Fsp3) is 0.0179. The molecule has 1 aliphatic heterocycles. The molecule has 2 aromatic heterocycles. The molecular weight excluding hydrogens is 731 g/mol. The van der Waals surface area contributed by atoms with E-state index in [0.717, 1.165) is 83.9 Å². The van der Waals surface area contributed by atoms with Gasteiger partial charge in [-0.2, -0.15) is 0 Å². The molecule has 12 rings (SSSR count). The van der Waals surface area contributed by atoms with Crippen LogP contribution in [0.25, 0.3) is 78.2 Å². The molecule has 0 unspecified atom stereocenters. The van der Waals surface area contributed by atoms with E-state index in [-0.39, 0.29) is 0 Å². The summed E-state index contributed by atoms with van der Waals surface area (Å²) in [6, 6.07) is 72.7. The minimum Gasteiger partial charge on any atom is -0.455 e. The number of fused-ring (bicyclic) bond motifs is 10. The quantitative estimate of drug-likeness (QED) is 0.175. The molecular formula is C56H35N3O. The van der Waals surface area contributed by atoms with Crippen molar-refractivity contribution < 1.29 is 4.74 Å². The normalized spacial score (nSPS) is 12.9. The van der Waals surface area contributed by atoms with Crippen LogP contribution in [0, 0.1) is 0 Å². The Morgan fingerprint density at radius 1 is 0.350 bits per heavy atom. The second-order valence-corrected chi connectivity index (χ2v) is 15.4. The first-order valence-electron chi connectivity index (χ1n) is 20.4. The van der Waals surface area contributed by atoms with Crippen molar-refractivity contribution in [1.29, 1.82) is 0 Å². The summed E-state index contributed by atoms with van der Waals surface area (Å²) in [4.78, 5) is 15.7. The van der Waals surface area contributed by atoms with Crippen molar-refractivity contribution in [2.75, 3.05) is 0 Å². The van der Waals surface area contributed by atoms with Crippen molar-refractivity contribution in [1.82, 2.24) is 15.0 Å². The van der Waals surface area contributed by atoms with E-state index in [4.69, 9.17) is 19.7 Å². The minimum absolute atomic E-state index is 0.599. The summed E-state index contributed by atoms with van der Waals surface area (Å²) in [6.07, 6.45) is 1.92. The Morgan fingerprint density at radius 3 is 1.43 bits per heavy atom. The standard InChI is InChI=1S/C56H35N3O/c1-4-17-36(18-5-1)39-33-34-57-52-42(39)25-14-26-43(52)44-27-15-31-48-53(44)60-54-45(55-58-50(37-19-6-2-7-20-37)35-51(59-55)38-21-8-3-9-22-38)28-16-32-49(54)56(48)46-29-12-10-23-40(46)41-24-11-13-30-47(41)56/h1-35H. The van der Waals surface area contributed by atoms with Gasteiger partial charge >= 0.3 is 0 Å². The predicted octanol–water partition coefficient (Wildman–Crippen LogP) is 13.8. The Kier molecular flexibility index (Phi) is 7.72. The zero-order valence-electron chi connectivity index (χ0n) is 32.5. The van der Waals surface area contributed by atoms with E-state index in [0.29, 0.717) is 5.82 Å². The summed E-state index contributed by atoms with van der Waals surface area (Å²) in [5.74, 6) is 2.14. The molecule has 4 nitrogen and oxygen atoms in total. The van der Waals surface area contributed by atoms with E-state index in [2.05, 4.69) is 194 Å². The average Bonchev–Trinajstić information content (AvgIpc) is 3.62. The molecule has 0 fully saturated rings. The van der Waals surface area contributed by atoms with Crippen LogP contribution in [-0.4, -0.2) is 15.0 Å². The lowest BCUT2D eigenvalue weighted by Gasteiger charge is -2.40. The van der Waals surface area contributed by atoms with Crippen LogP contribution in [0.4, 0.5) is 0 Å². The van der Waals surface area contributed by atoms with Gasteiger partial charge in [-0.15, -0.1) is 0 Å². The fourth-order valence-corrected chi connectivity index (χ4v) is 9.68. The SMILES string of the molecule is c1ccc(-c2cc(-c3ccccc3)nc(-c3cccc4c3Oc3c(-c5cccc6c(-c7ccccc7)ccnc56)cccc3C43c4ccccc4-c4ccccc43)n2)cc1. The Hall–Kier alpha value is -7.95. The first-order chi connectivity index (χ1) is 29.8. The lowest BCUT2D eigenvalue weighted by Crippen LogP contribution is -2.32. The number of rotatable bonds is 5. The van der Waals surface area contributed by atoms with Crippen molar-refractivity contribution in [2.45, 2.75) is 5.41 Å². The molecule has 0 amide bonds. The Morgan fingerprint density at radius 2 is 0.817 bits per heavy atom. The minimum atomic E-state index is -0.700. The second-order valence-electron chi connectivity index (χ2n) is 15.4. The molecule has 0 bridgehead atoms. The lowest BCUT2D eigenvalue weighted by molar-refractivity contribution is 0.439. The number of pyridine rings is 1. The number of nitrogens with zero attached hydrogens (tertiary/aromatic N) is 3. The topological polar surface area (TPSA) is 47.9 Å². The highest BCUT2D eigenvalue weighted by Crippen LogP contribution is 2.64. The van der Waals surface area contributed by atoms with Gasteiger partial charge in [0.25, 0.3) is 0 Å². The van der Waals surface area contributed by atoms with Crippen LogP contribution in [0.15, 0.2) is 212 Å². The Labute approximate surface area is 348 Å². The average molecular weight is 766 g/mol. The molecule has 3 heterocycles. The lowest BCUT2D eigenvalue weighted by atomic mass is 9.65. The van der Waals surface area contributed by atoms with Gasteiger partial charge in [0, 0.05) is 45.0 Å². The number of para-hydroxylation sites is 3. The second kappa shape index (κ2) is 13.6. The summed E-state index contributed by atoms with van der Waals surface area (Å²) in [5, 5.41) is 1.08. The Bertz CT molecular complexity index is 3190. The predicted molar refractivity (Wildman–Crippen MR) is 242 cm³/mol. The van der Waals surface area contributed by atoms with Crippen LogP contribution in [0.2, 0.25) is 0 Å². The molecule has 10 aromatic rings. The summed E-state index contributed by atoms with van der Waals surface area (Å²) in [6.45, 7) is 0. The molecule has 0 atom stereocenters. The monoisotopic (exact) mass is 765 g/mol. The molecule has 8 aromatic carbocycles. The van der Waals surface area contributed by atoms with Gasteiger partial charge in [-0.25, -0.2) is 9.97 Å². The third-order valence-corrected chi connectivity index (χ3v) is 12.2. The van der Waals surface area contributed by atoms with E-state index < -0.39 is 5.41 Å². The molecule has 0 saturated heterocycles. The summed E-state index contributed by atoms with van der Waals surface area (Å²) in [5.41, 5.74) is 16.1. The molecule has 280 valence electrons.